The first kappa shape index (κ1) is 15.3. The van der Waals surface area contributed by atoms with E-state index in [1.54, 1.807) is 22.7 Å². The highest BCUT2D eigenvalue weighted by molar-refractivity contribution is 5.92. The molecule has 2 aromatic heterocycles. The topological polar surface area (TPSA) is 86.9 Å². The summed E-state index contributed by atoms with van der Waals surface area (Å²) in [6.45, 7) is 4.58. The Morgan fingerprint density at radius 1 is 1.38 bits per heavy atom. The van der Waals surface area contributed by atoms with Crippen LogP contribution in [0, 0.1) is 5.41 Å². The number of carbonyl (C=O) groups is 1. The van der Waals surface area contributed by atoms with Gasteiger partial charge < -0.3 is 15.5 Å². The number of aliphatic hydroxyl groups is 1. The normalized spacial score (nSPS) is 11.8. The highest BCUT2D eigenvalue weighted by Crippen LogP contribution is 2.27. The van der Waals surface area contributed by atoms with Crippen molar-refractivity contribution in [2.24, 2.45) is 5.41 Å². The third kappa shape index (κ3) is 2.85. The van der Waals surface area contributed by atoms with E-state index < -0.39 is 5.97 Å². The van der Waals surface area contributed by atoms with Crippen LogP contribution >= 0.6 is 0 Å². The maximum atomic E-state index is 11.5. The molecule has 2 heterocycles. The fourth-order valence-corrected chi connectivity index (χ4v) is 2.37. The molecule has 0 saturated heterocycles. The van der Waals surface area contributed by atoms with Gasteiger partial charge in [0, 0.05) is 18.2 Å². The Morgan fingerprint density at radius 2 is 2.10 bits per heavy atom. The molecule has 114 valence electrons. The van der Waals surface area contributed by atoms with Crippen LogP contribution in [-0.4, -0.2) is 38.7 Å². The van der Waals surface area contributed by atoms with Gasteiger partial charge in [-0.05, 0) is 25.0 Å². The summed E-state index contributed by atoms with van der Waals surface area (Å²) in [5, 5.41) is 22.1. The number of aromatic nitrogens is 2. The highest BCUT2D eigenvalue weighted by atomic mass is 16.4. The second-order valence-corrected chi connectivity index (χ2v) is 5.26. The standard InChI is InChI=1S/C15H21N3O3/c1-3-15(4-2,10-19)9-16-13-12(14(20)21)18-8-6-5-7-11(18)17-13/h5-8,16,19H,3-4,9-10H2,1-2H3,(H,20,21). The zero-order chi connectivity index (χ0) is 15.5. The van der Waals surface area contributed by atoms with Crippen LogP contribution in [0.5, 0.6) is 0 Å². The number of nitrogens with zero attached hydrogens (tertiary/aromatic N) is 2. The Hall–Kier alpha value is -2.08. The first-order valence-electron chi connectivity index (χ1n) is 7.12. The molecule has 0 spiro atoms. The lowest BCUT2D eigenvalue weighted by Gasteiger charge is -2.29. The van der Waals surface area contributed by atoms with Crippen molar-refractivity contribution in [3.8, 4) is 0 Å². The van der Waals surface area contributed by atoms with Crippen LogP contribution in [0.15, 0.2) is 24.4 Å². The van der Waals surface area contributed by atoms with E-state index in [1.165, 1.54) is 0 Å². The van der Waals surface area contributed by atoms with Crippen LogP contribution in [-0.2, 0) is 0 Å². The van der Waals surface area contributed by atoms with Gasteiger partial charge in [-0.3, -0.25) is 4.40 Å². The molecule has 2 rings (SSSR count). The molecule has 2 aromatic rings. The number of hydrogen-bond acceptors (Lipinski definition) is 4. The molecule has 3 N–H and O–H groups in total. The van der Waals surface area contributed by atoms with Crippen LogP contribution in [0.2, 0.25) is 0 Å². The lowest BCUT2D eigenvalue weighted by Crippen LogP contribution is -2.32. The molecule has 6 heteroatoms. The number of carboxylic acid groups (broad SMARTS) is 1. The van der Waals surface area contributed by atoms with Gasteiger partial charge in [0.1, 0.15) is 5.65 Å². The predicted octanol–water partition coefficient (Wildman–Crippen LogP) is 2.24. The first-order valence-corrected chi connectivity index (χ1v) is 7.12. The smallest absolute Gasteiger partial charge is 0.356 e. The van der Waals surface area contributed by atoms with Crippen molar-refractivity contribution in [3.05, 3.63) is 30.1 Å². The molecule has 0 aromatic carbocycles. The second-order valence-electron chi connectivity index (χ2n) is 5.26. The molecule has 6 nitrogen and oxygen atoms in total. The van der Waals surface area contributed by atoms with E-state index in [9.17, 15) is 15.0 Å². The molecule has 0 unspecified atom stereocenters. The molecular weight excluding hydrogens is 270 g/mol. The second kappa shape index (κ2) is 6.13. The van der Waals surface area contributed by atoms with Crippen LogP contribution in [0.25, 0.3) is 5.65 Å². The fourth-order valence-electron chi connectivity index (χ4n) is 2.37. The number of nitrogens with one attached hydrogen (secondary N) is 1. The summed E-state index contributed by atoms with van der Waals surface area (Å²) < 4.78 is 1.54. The Labute approximate surface area is 123 Å². The summed E-state index contributed by atoms with van der Waals surface area (Å²) in [4.78, 5) is 15.8. The van der Waals surface area contributed by atoms with Gasteiger partial charge in [0.2, 0.25) is 0 Å². The van der Waals surface area contributed by atoms with Crippen molar-refractivity contribution in [2.75, 3.05) is 18.5 Å². The first-order chi connectivity index (χ1) is 10.1. The van der Waals surface area contributed by atoms with Crippen molar-refractivity contribution in [2.45, 2.75) is 26.7 Å². The zero-order valence-electron chi connectivity index (χ0n) is 12.3. The van der Waals surface area contributed by atoms with Crippen molar-refractivity contribution in [1.29, 1.82) is 0 Å². The zero-order valence-corrected chi connectivity index (χ0v) is 12.3. The maximum absolute atomic E-state index is 11.5. The molecule has 0 fully saturated rings. The number of aliphatic hydroxyl groups excluding tert-OH is 1. The summed E-state index contributed by atoms with van der Waals surface area (Å²) in [7, 11) is 0. The summed E-state index contributed by atoms with van der Waals surface area (Å²) in [5.41, 5.74) is 0.440. The average molecular weight is 291 g/mol. The third-order valence-electron chi connectivity index (χ3n) is 4.20. The van der Waals surface area contributed by atoms with Gasteiger partial charge in [0.05, 0.1) is 6.61 Å². The molecule has 0 amide bonds. The Morgan fingerprint density at radius 3 is 2.67 bits per heavy atom. The van der Waals surface area contributed by atoms with Crippen LogP contribution in [0.4, 0.5) is 5.82 Å². The Bertz CT molecular complexity index is 624. The molecule has 0 saturated carbocycles. The number of pyridine rings is 1. The largest absolute Gasteiger partial charge is 0.476 e. The molecule has 0 atom stereocenters. The van der Waals surface area contributed by atoms with E-state index in [0.29, 0.717) is 18.0 Å². The molecule has 0 aliphatic heterocycles. The number of hydrogen-bond donors (Lipinski definition) is 3. The number of anilines is 1. The van der Waals surface area contributed by atoms with Crippen molar-refractivity contribution in [3.63, 3.8) is 0 Å². The Balaban J connectivity index is 2.34. The SMILES string of the molecule is CCC(CC)(CO)CNc1nc2ccccn2c1C(=O)O. The van der Waals surface area contributed by atoms with Gasteiger partial charge in [-0.15, -0.1) is 0 Å². The minimum absolute atomic E-state index is 0.0583. The summed E-state index contributed by atoms with van der Waals surface area (Å²) in [6.07, 6.45) is 3.29. The van der Waals surface area contributed by atoms with E-state index in [2.05, 4.69) is 10.3 Å². The monoisotopic (exact) mass is 291 g/mol. The molecule has 0 aliphatic carbocycles. The predicted molar refractivity (Wildman–Crippen MR) is 80.7 cm³/mol. The van der Waals surface area contributed by atoms with Crippen LogP contribution < -0.4 is 5.32 Å². The Kier molecular flexibility index (Phi) is 4.47. The van der Waals surface area contributed by atoms with E-state index in [0.717, 1.165) is 12.8 Å². The van der Waals surface area contributed by atoms with Gasteiger partial charge in [-0.25, -0.2) is 9.78 Å². The number of carboxylic acids is 1. The van der Waals surface area contributed by atoms with Crippen molar-refractivity contribution >= 4 is 17.4 Å². The minimum atomic E-state index is -1.03. The van der Waals surface area contributed by atoms with E-state index in [4.69, 9.17) is 0 Å². The average Bonchev–Trinajstić information content (AvgIpc) is 2.87. The lowest BCUT2D eigenvalue weighted by molar-refractivity contribution is 0.0690. The molecule has 0 aliphatic rings. The van der Waals surface area contributed by atoms with Gasteiger partial charge in [0.25, 0.3) is 0 Å². The van der Waals surface area contributed by atoms with E-state index in [1.807, 2.05) is 19.9 Å². The summed E-state index contributed by atoms with van der Waals surface area (Å²) in [6, 6.07) is 5.34. The van der Waals surface area contributed by atoms with E-state index in [-0.39, 0.29) is 17.7 Å². The highest BCUT2D eigenvalue weighted by Gasteiger charge is 2.27. The lowest BCUT2D eigenvalue weighted by atomic mass is 9.83. The maximum Gasteiger partial charge on any atom is 0.356 e. The van der Waals surface area contributed by atoms with Crippen LogP contribution in [0.3, 0.4) is 0 Å². The van der Waals surface area contributed by atoms with Gasteiger partial charge in [0.15, 0.2) is 11.5 Å². The van der Waals surface area contributed by atoms with Gasteiger partial charge >= 0.3 is 5.97 Å². The quantitative estimate of drug-likeness (QED) is 0.728. The molecule has 0 bridgehead atoms. The molecule has 21 heavy (non-hydrogen) atoms. The summed E-state index contributed by atoms with van der Waals surface area (Å²) in [5.74, 6) is -0.688. The van der Waals surface area contributed by atoms with Crippen molar-refractivity contribution < 1.29 is 15.0 Å². The minimum Gasteiger partial charge on any atom is -0.476 e. The number of imidazole rings is 1. The van der Waals surface area contributed by atoms with Crippen molar-refractivity contribution in [1.82, 2.24) is 9.38 Å². The number of rotatable bonds is 7. The van der Waals surface area contributed by atoms with Gasteiger partial charge in [-0.1, -0.05) is 19.9 Å². The number of aromatic carboxylic acids is 1. The third-order valence-corrected chi connectivity index (χ3v) is 4.20. The fraction of sp³-hybridized carbons (Fsp3) is 0.467. The van der Waals surface area contributed by atoms with E-state index >= 15 is 0 Å². The molecule has 0 radical (unpaired) electrons. The summed E-state index contributed by atoms with van der Waals surface area (Å²) >= 11 is 0. The number of fused-ring (bicyclic) bond motifs is 1. The van der Waals surface area contributed by atoms with Crippen LogP contribution in [0.1, 0.15) is 37.2 Å². The molecular formula is C15H21N3O3. The van der Waals surface area contributed by atoms with Gasteiger partial charge in [-0.2, -0.15) is 0 Å².